The summed E-state index contributed by atoms with van der Waals surface area (Å²) in [6, 6.07) is 0. The van der Waals surface area contributed by atoms with E-state index in [1.807, 2.05) is 0 Å². The molecule has 1 saturated heterocycles. The highest BCUT2D eigenvalue weighted by Crippen LogP contribution is 2.13. The van der Waals surface area contributed by atoms with Crippen LogP contribution in [0.2, 0.25) is 0 Å². The van der Waals surface area contributed by atoms with Crippen molar-refractivity contribution < 1.29 is 22.1 Å². The Morgan fingerprint density at radius 3 is 2.71 bits per heavy atom. The second-order valence-electron chi connectivity index (χ2n) is 3.14. The van der Waals surface area contributed by atoms with E-state index in [1.165, 1.54) is 6.92 Å². The largest absolute Gasteiger partial charge is 0.458 e. The molecule has 0 saturated carbocycles. The fourth-order valence-corrected chi connectivity index (χ4v) is 2.15. The smallest absolute Gasteiger partial charge is 0.333 e. The number of ether oxygens (including phenoxy) is 1. The van der Waals surface area contributed by atoms with Crippen LogP contribution in [-0.2, 0) is 23.8 Å². The molecule has 1 unspecified atom stereocenters. The lowest BCUT2D eigenvalue weighted by atomic mass is 10.3. The first kappa shape index (κ1) is 11.2. The van der Waals surface area contributed by atoms with E-state index >= 15 is 0 Å². The molecular weight excluding hydrogens is 208 g/mol. The average molecular weight is 220 g/mol. The van der Waals surface area contributed by atoms with Crippen LogP contribution >= 0.6 is 0 Å². The van der Waals surface area contributed by atoms with Gasteiger partial charge in [-0.25, -0.2) is 4.79 Å². The van der Waals surface area contributed by atoms with Crippen LogP contribution in [0.3, 0.4) is 0 Å². The molecular formula is C8H12O5S. The predicted octanol–water partition coefficient (Wildman–Crippen LogP) is 0.224. The predicted molar refractivity (Wildman–Crippen MR) is 49.0 cm³/mol. The number of carbonyl (C=O) groups excluding carboxylic acids is 1. The quantitative estimate of drug-likeness (QED) is 0.378. The molecule has 0 aromatic carbocycles. The highest BCUT2D eigenvalue weighted by molar-refractivity contribution is 7.86. The lowest BCUT2D eigenvalue weighted by Crippen LogP contribution is -2.34. The fourth-order valence-electron chi connectivity index (χ4n) is 1.01. The normalized spacial score (nSPS) is 25.4. The van der Waals surface area contributed by atoms with Crippen LogP contribution in [0.4, 0.5) is 0 Å². The third kappa shape index (κ3) is 3.12. The topological polar surface area (TPSA) is 69.7 Å². The monoisotopic (exact) mass is 220 g/mol. The van der Waals surface area contributed by atoms with Crippen molar-refractivity contribution in [2.24, 2.45) is 0 Å². The molecule has 1 rings (SSSR count). The Hall–Kier alpha value is -0.880. The highest BCUT2D eigenvalue weighted by Gasteiger charge is 2.28. The molecule has 14 heavy (non-hydrogen) atoms. The lowest BCUT2D eigenvalue weighted by molar-refractivity contribution is -0.144. The van der Waals surface area contributed by atoms with E-state index in [4.69, 9.17) is 4.74 Å². The summed E-state index contributed by atoms with van der Waals surface area (Å²) < 4.78 is 31.3. The molecule has 5 nitrogen and oxygen atoms in total. The van der Waals surface area contributed by atoms with Crippen molar-refractivity contribution in [2.75, 3.05) is 12.4 Å². The van der Waals surface area contributed by atoms with Gasteiger partial charge < -0.3 is 4.74 Å². The van der Waals surface area contributed by atoms with Gasteiger partial charge in [0.25, 0.3) is 10.1 Å². The summed E-state index contributed by atoms with van der Waals surface area (Å²) in [5.41, 5.74) is 0.258. The lowest BCUT2D eigenvalue weighted by Gasteiger charge is -2.21. The highest BCUT2D eigenvalue weighted by atomic mass is 32.2. The molecule has 80 valence electrons. The van der Waals surface area contributed by atoms with Gasteiger partial charge in [-0.05, 0) is 6.92 Å². The first-order valence-corrected chi connectivity index (χ1v) is 5.72. The Morgan fingerprint density at radius 1 is 1.57 bits per heavy atom. The third-order valence-corrected chi connectivity index (χ3v) is 3.02. The minimum Gasteiger partial charge on any atom is -0.458 e. The zero-order valence-corrected chi connectivity index (χ0v) is 8.67. The minimum absolute atomic E-state index is 0.0659. The standard InChI is InChI=1S/C8H12O5S/c1-6(2)8(9)13-7-3-4-12-14(10,11)5-7/h7H,1,3-5H2,2H3. The molecule has 0 radical (unpaired) electrons. The van der Waals surface area contributed by atoms with Gasteiger partial charge in [0.2, 0.25) is 0 Å². The maximum atomic E-state index is 11.1. The Labute approximate surface area is 82.8 Å². The van der Waals surface area contributed by atoms with E-state index in [-0.39, 0.29) is 17.9 Å². The van der Waals surface area contributed by atoms with Crippen LogP contribution in [0.5, 0.6) is 0 Å². The van der Waals surface area contributed by atoms with Crippen molar-refractivity contribution in [1.82, 2.24) is 0 Å². The Morgan fingerprint density at radius 2 is 2.21 bits per heavy atom. The summed E-state index contributed by atoms with van der Waals surface area (Å²) in [7, 11) is -3.51. The van der Waals surface area contributed by atoms with E-state index in [2.05, 4.69) is 10.8 Å². The molecule has 1 aliphatic rings. The third-order valence-electron chi connectivity index (χ3n) is 1.71. The summed E-state index contributed by atoms with van der Waals surface area (Å²) in [5.74, 6) is -0.835. The summed E-state index contributed by atoms with van der Waals surface area (Å²) in [6.07, 6.45) is -0.212. The van der Waals surface area contributed by atoms with Gasteiger partial charge >= 0.3 is 5.97 Å². The average Bonchev–Trinajstić information content (AvgIpc) is 2.01. The Balaban J connectivity index is 2.54. The number of hydrogen-bond donors (Lipinski definition) is 0. The van der Waals surface area contributed by atoms with Gasteiger partial charge in [0, 0.05) is 12.0 Å². The van der Waals surface area contributed by atoms with Gasteiger partial charge in [-0.3, -0.25) is 4.18 Å². The van der Waals surface area contributed by atoms with Crippen LogP contribution in [0.25, 0.3) is 0 Å². The summed E-state index contributed by atoms with van der Waals surface area (Å²) in [5, 5.41) is 0. The van der Waals surface area contributed by atoms with Crippen LogP contribution in [0, 0.1) is 0 Å². The summed E-state index contributed by atoms with van der Waals surface area (Å²) in [4.78, 5) is 11.1. The van der Waals surface area contributed by atoms with Gasteiger partial charge in [-0.1, -0.05) is 6.58 Å². The Bertz CT molecular complexity index is 343. The Kier molecular flexibility index (Phi) is 3.28. The molecule has 0 N–H and O–H groups in total. The van der Waals surface area contributed by atoms with Crippen molar-refractivity contribution in [3.63, 3.8) is 0 Å². The molecule has 1 fully saturated rings. The first-order valence-electron chi connectivity index (χ1n) is 4.14. The minimum atomic E-state index is -3.51. The molecule has 1 heterocycles. The van der Waals surface area contributed by atoms with Crippen molar-refractivity contribution in [3.05, 3.63) is 12.2 Å². The van der Waals surface area contributed by atoms with Crippen LogP contribution < -0.4 is 0 Å². The van der Waals surface area contributed by atoms with Crippen LogP contribution in [-0.4, -0.2) is 32.9 Å². The van der Waals surface area contributed by atoms with Crippen molar-refractivity contribution in [1.29, 1.82) is 0 Å². The van der Waals surface area contributed by atoms with Gasteiger partial charge in [0.1, 0.15) is 11.9 Å². The molecule has 0 amide bonds. The van der Waals surface area contributed by atoms with Gasteiger partial charge in [0.15, 0.2) is 0 Å². The molecule has 0 spiro atoms. The van der Waals surface area contributed by atoms with Gasteiger partial charge in [0.05, 0.1) is 6.61 Å². The molecule has 0 aliphatic carbocycles. The van der Waals surface area contributed by atoms with Crippen molar-refractivity contribution >= 4 is 16.1 Å². The number of hydrogen-bond acceptors (Lipinski definition) is 5. The molecule has 6 heteroatoms. The van der Waals surface area contributed by atoms with E-state index in [9.17, 15) is 13.2 Å². The molecule has 1 aliphatic heterocycles. The zero-order valence-electron chi connectivity index (χ0n) is 7.86. The summed E-state index contributed by atoms with van der Waals surface area (Å²) in [6.45, 7) is 4.98. The zero-order chi connectivity index (χ0) is 10.8. The molecule has 0 aromatic rings. The maximum Gasteiger partial charge on any atom is 0.333 e. The van der Waals surface area contributed by atoms with E-state index in [1.54, 1.807) is 0 Å². The fraction of sp³-hybridized carbons (Fsp3) is 0.625. The van der Waals surface area contributed by atoms with Gasteiger partial charge in [-0.2, -0.15) is 8.42 Å². The van der Waals surface area contributed by atoms with Crippen LogP contribution in [0.15, 0.2) is 12.2 Å². The SMILES string of the molecule is C=C(C)C(=O)OC1CCOS(=O)(=O)C1. The van der Waals surface area contributed by atoms with E-state index in [0.29, 0.717) is 6.42 Å². The first-order chi connectivity index (χ1) is 6.41. The van der Waals surface area contributed by atoms with Crippen LogP contribution in [0.1, 0.15) is 13.3 Å². The maximum absolute atomic E-state index is 11.1. The number of rotatable bonds is 2. The molecule has 0 bridgehead atoms. The second-order valence-corrected chi connectivity index (χ2v) is 4.83. The molecule has 0 aromatic heterocycles. The van der Waals surface area contributed by atoms with Gasteiger partial charge in [-0.15, -0.1) is 0 Å². The van der Waals surface area contributed by atoms with Crippen molar-refractivity contribution in [3.8, 4) is 0 Å². The van der Waals surface area contributed by atoms with E-state index in [0.717, 1.165) is 0 Å². The number of carbonyl (C=O) groups is 1. The summed E-state index contributed by atoms with van der Waals surface area (Å²) >= 11 is 0. The van der Waals surface area contributed by atoms with E-state index < -0.39 is 22.2 Å². The number of esters is 1. The van der Waals surface area contributed by atoms with Crippen molar-refractivity contribution in [2.45, 2.75) is 19.4 Å². The molecule has 1 atom stereocenters. The second kappa shape index (κ2) is 4.10.